The van der Waals surface area contributed by atoms with Gasteiger partial charge in [-0.3, -0.25) is 0 Å². The fourth-order valence-electron chi connectivity index (χ4n) is 7.79. The molecule has 1 nitrogen and oxygen atoms in total. The maximum Gasteiger partial charge on any atom is 0.270 e. The Hall–Kier alpha value is -1.71. The van der Waals surface area contributed by atoms with Crippen LogP contribution in [0.25, 0.3) is 0 Å². The van der Waals surface area contributed by atoms with Gasteiger partial charge in [-0.05, 0) is 118 Å². The third kappa shape index (κ3) is 8.40. The van der Waals surface area contributed by atoms with Crippen LogP contribution in [0.2, 0.25) is 0 Å². The van der Waals surface area contributed by atoms with Crippen LogP contribution in [0.1, 0.15) is 133 Å². The van der Waals surface area contributed by atoms with E-state index < -0.39 is 17.8 Å². The molecule has 0 aliphatic heterocycles. The van der Waals surface area contributed by atoms with Gasteiger partial charge in [-0.15, -0.1) is 6.58 Å². The Morgan fingerprint density at radius 1 is 0.872 bits per heavy atom. The molecule has 1 aromatic rings. The van der Waals surface area contributed by atoms with E-state index in [4.69, 9.17) is 4.74 Å². The van der Waals surface area contributed by atoms with Gasteiger partial charge in [-0.1, -0.05) is 62.8 Å². The van der Waals surface area contributed by atoms with Gasteiger partial charge >= 0.3 is 0 Å². The number of rotatable bonds is 13. The summed E-state index contributed by atoms with van der Waals surface area (Å²) in [5, 5.41) is 0. The Kier molecular flexibility index (Phi) is 11.9. The molecule has 2 atom stereocenters. The van der Waals surface area contributed by atoms with Crippen LogP contribution in [-0.4, -0.2) is 6.61 Å². The molecule has 0 radical (unpaired) electrons. The average molecular weight is 545 g/mol. The molecule has 0 N–H and O–H groups in total. The van der Waals surface area contributed by atoms with Crippen molar-refractivity contribution in [2.24, 2.45) is 29.6 Å². The van der Waals surface area contributed by atoms with Crippen molar-refractivity contribution < 1.29 is 17.9 Å². The van der Waals surface area contributed by atoms with E-state index in [1.807, 2.05) is 6.08 Å². The first kappa shape index (κ1) is 30.3. The molecule has 218 valence electrons. The van der Waals surface area contributed by atoms with Crippen LogP contribution in [0.4, 0.5) is 13.2 Å². The second kappa shape index (κ2) is 15.3. The normalized spacial score (nSPS) is 29.5. The molecule has 0 saturated heterocycles. The maximum absolute atomic E-state index is 15.0. The van der Waals surface area contributed by atoms with E-state index in [1.54, 1.807) is 13.0 Å². The molecule has 0 aromatic heterocycles. The van der Waals surface area contributed by atoms with Crippen LogP contribution < -0.4 is 4.74 Å². The summed E-state index contributed by atoms with van der Waals surface area (Å²) in [6.07, 6.45) is 24.3. The van der Waals surface area contributed by atoms with Crippen LogP contribution in [0.15, 0.2) is 36.9 Å². The fourth-order valence-corrected chi connectivity index (χ4v) is 7.79. The summed E-state index contributed by atoms with van der Waals surface area (Å²) >= 11 is 0. The lowest BCUT2D eigenvalue weighted by atomic mass is 9.71. The van der Waals surface area contributed by atoms with Gasteiger partial charge in [0.05, 0.1) is 12.2 Å². The zero-order valence-corrected chi connectivity index (χ0v) is 24.2. The van der Waals surface area contributed by atoms with E-state index in [0.29, 0.717) is 11.5 Å². The van der Waals surface area contributed by atoms with E-state index in [2.05, 4.69) is 18.7 Å². The highest BCUT2D eigenvalue weighted by Gasteiger charge is 2.30. The zero-order valence-electron chi connectivity index (χ0n) is 24.2. The molecule has 39 heavy (non-hydrogen) atoms. The van der Waals surface area contributed by atoms with E-state index in [1.165, 1.54) is 76.7 Å². The van der Waals surface area contributed by atoms with Crippen LogP contribution in [0, 0.1) is 35.4 Å². The highest BCUT2D eigenvalue weighted by Crippen LogP contribution is 2.43. The minimum atomic E-state index is -2.86. The summed E-state index contributed by atoms with van der Waals surface area (Å²) < 4.78 is 47.4. The third-order valence-corrected chi connectivity index (χ3v) is 10.2. The first-order valence-corrected chi connectivity index (χ1v) is 16.0. The van der Waals surface area contributed by atoms with Crippen LogP contribution >= 0.6 is 0 Å². The Bertz CT molecular complexity index is 909. The number of allylic oxidation sites excluding steroid dienone is 3. The van der Waals surface area contributed by atoms with Crippen LogP contribution in [-0.2, 0) is 0 Å². The van der Waals surface area contributed by atoms with Crippen molar-refractivity contribution in [3.05, 3.63) is 53.9 Å². The Balaban J connectivity index is 1.12. The monoisotopic (exact) mass is 544 g/mol. The molecule has 0 heterocycles. The van der Waals surface area contributed by atoms with E-state index >= 15 is 4.39 Å². The van der Waals surface area contributed by atoms with Crippen molar-refractivity contribution in [2.45, 2.75) is 122 Å². The Labute approximate surface area is 235 Å². The molecule has 2 unspecified atom stereocenters. The fraction of sp³-hybridized carbons (Fsp3) is 0.714. The molecule has 0 bridgehead atoms. The standard InChI is InChI=1S/C35H51F3O/c1-3-5-8-25-11-17-28(18-12-25)29-19-13-26(14-20-29)9-6-7-10-27-15-21-30(22-16-27)31-23-24-32(39-4-2)33(34(31)36)35(37)38/h3,11,17,23-30,35H,1,4-10,12-16,18-22H2,2H3. The number of ether oxygens (including phenoxy) is 1. The van der Waals surface area contributed by atoms with Gasteiger partial charge in [0.2, 0.25) is 0 Å². The lowest BCUT2D eigenvalue weighted by Gasteiger charge is -2.35. The van der Waals surface area contributed by atoms with Gasteiger partial charge in [0.25, 0.3) is 6.43 Å². The minimum Gasteiger partial charge on any atom is -0.493 e. The number of benzene rings is 1. The smallest absolute Gasteiger partial charge is 0.270 e. The average Bonchev–Trinajstić information content (AvgIpc) is 2.95. The predicted octanol–water partition coefficient (Wildman–Crippen LogP) is 11.4. The van der Waals surface area contributed by atoms with Crippen molar-refractivity contribution in [2.75, 3.05) is 6.61 Å². The lowest BCUT2D eigenvalue weighted by Crippen LogP contribution is -2.23. The number of alkyl halides is 2. The molecule has 3 aliphatic rings. The molecule has 0 spiro atoms. The molecule has 2 saturated carbocycles. The summed E-state index contributed by atoms with van der Waals surface area (Å²) in [6.45, 7) is 5.84. The van der Waals surface area contributed by atoms with E-state index in [0.717, 1.165) is 55.8 Å². The molecule has 0 amide bonds. The molecule has 1 aromatic carbocycles. The van der Waals surface area contributed by atoms with Gasteiger partial charge in [-0.25, -0.2) is 13.2 Å². The minimum absolute atomic E-state index is 0.0187. The molecular weight excluding hydrogens is 493 g/mol. The number of halogens is 3. The zero-order chi connectivity index (χ0) is 27.6. The van der Waals surface area contributed by atoms with Crippen molar-refractivity contribution >= 4 is 0 Å². The molecule has 2 fully saturated rings. The molecule has 3 aliphatic carbocycles. The van der Waals surface area contributed by atoms with Crippen molar-refractivity contribution in [3.8, 4) is 5.75 Å². The van der Waals surface area contributed by atoms with Gasteiger partial charge in [0, 0.05) is 0 Å². The first-order chi connectivity index (χ1) is 19.0. The number of hydrogen-bond donors (Lipinski definition) is 0. The second-order valence-corrected chi connectivity index (χ2v) is 12.6. The topological polar surface area (TPSA) is 9.23 Å². The molecule has 4 heteroatoms. The van der Waals surface area contributed by atoms with Crippen LogP contribution in [0.3, 0.4) is 0 Å². The number of unbranched alkanes of at least 4 members (excludes halogenated alkanes) is 1. The van der Waals surface area contributed by atoms with Gasteiger partial charge in [0.1, 0.15) is 11.6 Å². The SMILES string of the molecule is C=CCCC1C=CC(C2CCC(CCCCC3CCC(c4ccc(OCC)c(C(F)F)c4F)CC3)CC2)CC1. The summed E-state index contributed by atoms with van der Waals surface area (Å²) in [5.74, 6) is 3.39. The van der Waals surface area contributed by atoms with Gasteiger partial charge in [0.15, 0.2) is 0 Å². The third-order valence-electron chi connectivity index (χ3n) is 10.2. The van der Waals surface area contributed by atoms with E-state index in [9.17, 15) is 8.78 Å². The Morgan fingerprint density at radius 2 is 1.54 bits per heavy atom. The van der Waals surface area contributed by atoms with Crippen molar-refractivity contribution in [1.82, 2.24) is 0 Å². The lowest BCUT2D eigenvalue weighted by molar-refractivity contribution is 0.139. The van der Waals surface area contributed by atoms with Crippen molar-refractivity contribution in [3.63, 3.8) is 0 Å². The molecular formula is C35H51F3O. The van der Waals surface area contributed by atoms with Crippen LogP contribution in [0.5, 0.6) is 5.75 Å². The largest absolute Gasteiger partial charge is 0.493 e. The first-order valence-electron chi connectivity index (χ1n) is 16.0. The summed E-state index contributed by atoms with van der Waals surface area (Å²) in [4.78, 5) is 0. The predicted molar refractivity (Wildman–Crippen MR) is 156 cm³/mol. The van der Waals surface area contributed by atoms with Crippen molar-refractivity contribution in [1.29, 1.82) is 0 Å². The number of hydrogen-bond acceptors (Lipinski definition) is 1. The second-order valence-electron chi connectivity index (χ2n) is 12.6. The van der Waals surface area contributed by atoms with Gasteiger partial charge in [-0.2, -0.15) is 0 Å². The van der Waals surface area contributed by atoms with E-state index in [-0.39, 0.29) is 18.3 Å². The van der Waals surface area contributed by atoms with Gasteiger partial charge < -0.3 is 4.74 Å². The highest BCUT2D eigenvalue weighted by molar-refractivity contribution is 5.41. The summed E-state index contributed by atoms with van der Waals surface area (Å²) in [7, 11) is 0. The maximum atomic E-state index is 15.0. The Morgan fingerprint density at radius 3 is 2.10 bits per heavy atom. The summed E-state index contributed by atoms with van der Waals surface area (Å²) in [5.41, 5.74) is -0.104. The highest BCUT2D eigenvalue weighted by atomic mass is 19.3. The quantitative estimate of drug-likeness (QED) is 0.177. The molecule has 4 rings (SSSR count). The summed E-state index contributed by atoms with van der Waals surface area (Å²) in [6, 6.07) is 3.22.